The Morgan fingerprint density at radius 3 is 2.89 bits per heavy atom. The SMILES string of the molecule is CCNCc1ccc2c(ccn2CCCCOC)c1. The molecule has 104 valence electrons. The lowest BCUT2D eigenvalue weighted by molar-refractivity contribution is 0.191. The van der Waals surface area contributed by atoms with Crippen molar-refractivity contribution in [2.24, 2.45) is 0 Å². The van der Waals surface area contributed by atoms with Gasteiger partial charge in [0.05, 0.1) is 0 Å². The topological polar surface area (TPSA) is 26.2 Å². The minimum Gasteiger partial charge on any atom is -0.385 e. The van der Waals surface area contributed by atoms with Crippen LogP contribution in [0, 0.1) is 0 Å². The Morgan fingerprint density at radius 2 is 2.11 bits per heavy atom. The zero-order chi connectivity index (χ0) is 13.5. The summed E-state index contributed by atoms with van der Waals surface area (Å²) in [7, 11) is 1.76. The average molecular weight is 260 g/mol. The molecule has 1 aromatic carbocycles. The summed E-state index contributed by atoms with van der Waals surface area (Å²) < 4.78 is 7.42. The van der Waals surface area contributed by atoms with E-state index in [1.165, 1.54) is 16.5 Å². The number of benzene rings is 1. The van der Waals surface area contributed by atoms with E-state index in [-0.39, 0.29) is 0 Å². The molecule has 0 radical (unpaired) electrons. The minimum absolute atomic E-state index is 0.853. The van der Waals surface area contributed by atoms with Gasteiger partial charge >= 0.3 is 0 Å². The van der Waals surface area contributed by atoms with E-state index in [0.717, 1.165) is 39.1 Å². The lowest BCUT2D eigenvalue weighted by Crippen LogP contribution is -2.11. The van der Waals surface area contributed by atoms with Gasteiger partial charge in [0.2, 0.25) is 0 Å². The third-order valence-corrected chi connectivity index (χ3v) is 3.41. The summed E-state index contributed by atoms with van der Waals surface area (Å²) >= 11 is 0. The van der Waals surface area contributed by atoms with Crippen LogP contribution in [0.2, 0.25) is 0 Å². The number of nitrogens with zero attached hydrogens (tertiary/aromatic N) is 1. The summed E-state index contributed by atoms with van der Waals surface area (Å²) in [5, 5.41) is 4.70. The molecule has 3 nitrogen and oxygen atoms in total. The maximum Gasteiger partial charge on any atom is 0.0480 e. The van der Waals surface area contributed by atoms with Crippen molar-refractivity contribution in [3.05, 3.63) is 36.0 Å². The van der Waals surface area contributed by atoms with Gasteiger partial charge in [-0.05, 0) is 48.5 Å². The molecule has 3 heteroatoms. The summed E-state index contributed by atoms with van der Waals surface area (Å²) in [6, 6.07) is 8.94. The lowest BCUT2D eigenvalue weighted by atomic mass is 10.1. The average Bonchev–Trinajstić information content (AvgIpc) is 2.84. The van der Waals surface area contributed by atoms with Gasteiger partial charge in [-0.2, -0.15) is 0 Å². The Hall–Kier alpha value is -1.32. The Labute approximate surface area is 115 Å². The zero-order valence-corrected chi connectivity index (χ0v) is 12.0. The molecule has 0 bridgehead atoms. The normalized spacial score (nSPS) is 11.3. The molecular formula is C16H24N2O. The largest absolute Gasteiger partial charge is 0.385 e. The van der Waals surface area contributed by atoms with Crippen LogP contribution in [0.3, 0.4) is 0 Å². The second kappa shape index (κ2) is 7.31. The van der Waals surface area contributed by atoms with Gasteiger partial charge in [0.15, 0.2) is 0 Å². The first kappa shape index (κ1) is 14.1. The molecule has 2 rings (SSSR count). The number of aromatic nitrogens is 1. The van der Waals surface area contributed by atoms with Gasteiger partial charge < -0.3 is 14.6 Å². The number of aryl methyl sites for hydroxylation is 1. The molecule has 0 unspecified atom stereocenters. The zero-order valence-electron chi connectivity index (χ0n) is 12.0. The molecule has 0 aliphatic heterocycles. The van der Waals surface area contributed by atoms with Gasteiger partial charge in [0.1, 0.15) is 0 Å². The fourth-order valence-electron chi connectivity index (χ4n) is 2.35. The maximum atomic E-state index is 5.09. The predicted molar refractivity (Wildman–Crippen MR) is 80.4 cm³/mol. The Balaban J connectivity index is 2.02. The van der Waals surface area contributed by atoms with E-state index in [1.54, 1.807) is 7.11 Å². The number of rotatable bonds is 8. The van der Waals surface area contributed by atoms with E-state index in [1.807, 2.05) is 0 Å². The van der Waals surface area contributed by atoms with E-state index in [4.69, 9.17) is 4.74 Å². The van der Waals surface area contributed by atoms with Crippen LogP contribution < -0.4 is 5.32 Å². The molecule has 1 heterocycles. The lowest BCUT2D eigenvalue weighted by Gasteiger charge is -2.06. The first-order chi connectivity index (χ1) is 9.35. The van der Waals surface area contributed by atoms with E-state index < -0.39 is 0 Å². The molecule has 0 amide bonds. The van der Waals surface area contributed by atoms with E-state index in [9.17, 15) is 0 Å². The maximum absolute atomic E-state index is 5.09. The molecule has 1 N–H and O–H groups in total. The number of unbranched alkanes of at least 4 members (excludes halogenated alkanes) is 1. The number of hydrogen-bond donors (Lipinski definition) is 1. The fourth-order valence-corrected chi connectivity index (χ4v) is 2.35. The van der Waals surface area contributed by atoms with E-state index in [2.05, 4.69) is 47.3 Å². The minimum atomic E-state index is 0.853. The van der Waals surface area contributed by atoms with Crippen molar-refractivity contribution >= 4 is 10.9 Å². The monoisotopic (exact) mass is 260 g/mol. The predicted octanol–water partition coefficient (Wildman–Crippen LogP) is 3.18. The van der Waals surface area contributed by atoms with Crippen molar-refractivity contribution in [2.45, 2.75) is 32.9 Å². The van der Waals surface area contributed by atoms with Gasteiger partial charge in [-0.3, -0.25) is 0 Å². The van der Waals surface area contributed by atoms with Crippen molar-refractivity contribution in [1.82, 2.24) is 9.88 Å². The molecule has 0 spiro atoms. The smallest absolute Gasteiger partial charge is 0.0480 e. The molecule has 0 atom stereocenters. The summed E-state index contributed by atoms with van der Waals surface area (Å²) in [6.07, 6.45) is 4.47. The summed E-state index contributed by atoms with van der Waals surface area (Å²) in [5.74, 6) is 0. The number of nitrogens with one attached hydrogen (secondary N) is 1. The number of hydrogen-bond acceptors (Lipinski definition) is 2. The second-order valence-electron chi connectivity index (χ2n) is 4.88. The number of fused-ring (bicyclic) bond motifs is 1. The fraction of sp³-hybridized carbons (Fsp3) is 0.500. The van der Waals surface area contributed by atoms with Crippen LogP contribution in [0.5, 0.6) is 0 Å². The molecule has 0 fully saturated rings. The van der Waals surface area contributed by atoms with Crippen molar-refractivity contribution in [2.75, 3.05) is 20.3 Å². The Morgan fingerprint density at radius 1 is 1.21 bits per heavy atom. The highest BCUT2D eigenvalue weighted by Crippen LogP contribution is 2.18. The van der Waals surface area contributed by atoms with Gasteiger partial charge in [-0.1, -0.05) is 13.0 Å². The second-order valence-corrected chi connectivity index (χ2v) is 4.88. The van der Waals surface area contributed by atoms with Gasteiger partial charge in [-0.15, -0.1) is 0 Å². The van der Waals surface area contributed by atoms with Crippen molar-refractivity contribution in [3.63, 3.8) is 0 Å². The van der Waals surface area contributed by atoms with Crippen LogP contribution >= 0.6 is 0 Å². The Bertz CT molecular complexity index is 504. The highest BCUT2D eigenvalue weighted by atomic mass is 16.5. The highest BCUT2D eigenvalue weighted by molar-refractivity contribution is 5.80. The van der Waals surface area contributed by atoms with Crippen LogP contribution in [0.4, 0.5) is 0 Å². The summed E-state index contributed by atoms with van der Waals surface area (Å²) in [4.78, 5) is 0. The Kier molecular flexibility index (Phi) is 5.43. The van der Waals surface area contributed by atoms with Crippen LogP contribution in [0.1, 0.15) is 25.3 Å². The summed E-state index contributed by atoms with van der Waals surface area (Å²) in [6.45, 7) is 6.02. The van der Waals surface area contributed by atoms with Crippen molar-refractivity contribution < 1.29 is 4.74 Å². The van der Waals surface area contributed by atoms with Crippen LogP contribution in [0.25, 0.3) is 10.9 Å². The van der Waals surface area contributed by atoms with E-state index >= 15 is 0 Å². The molecule has 19 heavy (non-hydrogen) atoms. The molecule has 0 saturated heterocycles. The van der Waals surface area contributed by atoms with Crippen LogP contribution in [0.15, 0.2) is 30.5 Å². The third-order valence-electron chi connectivity index (χ3n) is 3.41. The van der Waals surface area contributed by atoms with E-state index in [0.29, 0.717) is 0 Å². The van der Waals surface area contributed by atoms with Gasteiger partial charge in [0, 0.05) is 38.5 Å². The molecule has 0 saturated carbocycles. The molecular weight excluding hydrogens is 236 g/mol. The standard InChI is InChI=1S/C16H24N2O/c1-3-17-13-14-6-7-16-15(12-14)8-10-18(16)9-4-5-11-19-2/h6-8,10,12,17H,3-5,9,11,13H2,1-2H3. The molecule has 1 aromatic heterocycles. The van der Waals surface area contributed by atoms with Crippen molar-refractivity contribution in [1.29, 1.82) is 0 Å². The first-order valence-electron chi connectivity index (χ1n) is 7.12. The van der Waals surface area contributed by atoms with Crippen molar-refractivity contribution in [3.8, 4) is 0 Å². The van der Waals surface area contributed by atoms with Crippen LogP contribution in [-0.4, -0.2) is 24.8 Å². The van der Waals surface area contributed by atoms with Gasteiger partial charge in [-0.25, -0.2) is 0 Å². The molecule has 0 aliphatic rings. The third kappa shape index (κ3) is 3.82. The highest BCUT2D eigenvalue weighted by Gasteiger charge is 2.02. The first-order valence-corrected chi connectivity index (χ1v) is 7.12. The van der Waals surface area contributed by atoms with Gasteiger partial charge in [0.25, 0.3) is 0 Å². The summed E-state index contributed by atoms with van der Waals surface area (Å²) in [5.41, 5.74) is 2.68. The molecule has 0 aliphatic carbocycles. The van der Waals surface area contributed by atoms with Crippen LogP contribution in [-0.2, 0) is 17.8 Å². The number of ether oxygens (including phenoxy) is 1. The molecule has 2 aromatic rings. The quantitative estimate of drug-likeness (QED) is 0.738. The number of methoxy groups -OCH3 is 1.